The van der Waals surface area contributed by atoms with Crippen LogP contribution in [0.2, 0.25) is 0 Å². The predicted octanol–water partition coefficient (Wildman–Crippen LogP) is 6.62. The highest BCUT2D eigenvalue weighted by molar-refractivity contribution is 5.97. The fraction of sp³-hybridized carbons (Fsp3) is 0.385. The highest BCUT2D eigenvalue weighted by atomic mass is 16.3. The maximum atomic E-state index is 13.4. The Morgan fingerprint density at radius 1 is 1.03 bits per heavy atom. The van der Waals surface area contributed by atoms with Crippen LogP contribution in [0.15, 0.2) is 52.9 Å². The molecule has 0 bridgehead atoms. The topological polar surface area (TPSA) is 62.1 Å². The van der Waals surface area contributed by atoms with Gasteiger partial charge in [0.2, 0.25) is 0 Å². The summed E-state index contributed by atoms with van der Waals surface area (Å²) in [5, 5.41) is 1.07. The molecule has 0 saturated carbocycles. The van der Waals surface area contributed by atoms with Gasteiger partial charge in [0, 0.05) is 17.5 Å². The molecule has 1 N–H and O–H groups in total. The Hall–Kier alpha value is -3.08. The van der Waals surface area contributed by atoms with Crippen molar-refractivity contribution in [3.8, 4) is 0 Å². The maximum absolute atomic E-state index is 13.4. The largest absolute Gasteiger partial charge is 0.459 e. The van der Waals surface area contributed by atoms with E-state index in [9.17, 15) is 4.79 Å². The van der Waals surface area contributed by atoms with Crippen LogP contribution >= 0.6 is 0 Å². The van der Waals surface area contributed by atoms with Gasteiger partial charge >= 0.3 is 0 Å². The average molecular weight is 418 g/mol. The zero-order valence-electron chi connectivity index (χ0n) is 18.5. The number of unbranched alkanes of at least 4 members (excludes halogenated alkanes) is 5. The molecule has 0 unspecified atom stereocenters. The van der Waals surface area contributed by atoms with Crippen molar-refractivity contribution in [2.24, 2.45) is 0 Å². The van der Waals surface area contributed by atoms with Crippen molar-refractivity contribution in [1.82, 2.24) is 14.9 Å². The van der Waals surface area contributed by atoms with Gasteiger partial charge in [0.15, 0.2) is 0 Å². The third-order valence-corrected chi connectivity index (χ3v) is 5.74. The number of nitrogens with zero attached hydrogens (tertiary/aromatic N) is 2. The third kappa shape index (κ3) is 5.16. The van der Waals surface area contributed by atoms with Crippen molar-refractivity contribution in [2.75, 3.05) is 6.54 Å². The smallest absolute Gasteiger partial charge is 0.254 e. The summed E-state index contributed by atoms with van der Waals surface area (Å²) in [7, 11) is 0. The summed E-state index contributed by atoms with van der Waals surface area (Å²) >= 11 is 0. The van der Waals surface area contributed by atoms with E-state index >= 15 is 0 Å². The second kappa shape index (κ2) is 9.82. The molecule has 0 aliphatic rings. The van der Waals surface area contributed by atoms with E-state index in [0.717, 1.165) is 53.0 Å². The van der Waals surface area contributed by atoms with E-state index in [0.29, 0.717) is 12.1 Å². The van der Waals surface area contributed by atoms with Crippen LogP contribution < -0.4 is 0 Å². The van der Waals surface area contributed by atoms with E-state index in [1.54, 1.807) is 0 Å². The Balaban J connectivity index is 1.51. The lowest BCUT2D eigenvalue weighted by Gasteiger charge is -2.22. The van der Waals surface area contributed by atoms with Crippen LogP contribution in [0, 0.1) is 6.92 Å². The third-order valence-electron chi connectivity index (χ3n) is 5.74. The quantitative estimate of drug-likeness (QED) is 0.295. The zero-order chi connectivity index (χ0) is 21.6. The molecule has 0 aliphatic heterocycles. The maximum Gasteiger partial charge on any atom is 0.254 e. The summed E-state index contributed by atoms with van der Waals surface area (Å²) in [6, 6.07) is 15.7. The number of amides is 1. The number of para-hydroxylation sites is 1. The van der Waals surface area contributed by atoms with Crippen LogP contribution in [0.25, 0.3) is 22.0 Å². The molecule has 0 atom stereocenters. The van der Waals surface area contributed by atoms with Gasteiger partial charge in [0.05, 0.1) is 17.6 Å². The number of aromatic nitrogens is 2. The first-order valence-corrected chi connectivity index (χ1v) is 11.4. The molecule has 0 radical (unpaired) electrons. The summed E-state index contributed by atoms with van der Waals surface area (Å²) in [6.07, 6.45) is 7.16. The van der Waals surface area contributed by atoms with Gasteiger partial charge in [-0.1, -0.05) is 57.2 Å². The molecule has 162 valence electrons. The number of furan rings is 1. The van der Waals surface area contributed by atoms with Crippen LogP contribution in [0.5, 0.6) is 0 Å². The molecular formula is C26H31N3O2. The van der Waals surface area contributed by atoms with Crippen LogP contribution in [0.4, 0.5) is 0 Å². The molecule has 5 heteroatoms. The van der Waals surface area contributed by atoms with E-state index in [1.807, 2.05) is 60.4 Å². The summed E-state index contributed by atoms with van der Waals surface area (Å²) in [6.45, 7) is 5.35. The Kier molecular flexibility index (Phi) is 6.70. The lowest BCUT2D eigenvalue weighted by atomic mass is 10.1. The molecule has 2 aromatic heterocycles. The summed E-state index contributed by atoms with van der Waals surface area (Å²) in [5.41, 5.74) is 3.32. The monoisotopic (exact) mass is 417 g/mol. The number of H-pyrrole nitrogens is 1. The van der Waals surface area contributed by atoms with Gasteiger partial charge in [-0.05, 0) is 43.7 Å². The first-order valence-electron chi connectivity index (χ1n) is 11.4. The Morgan fingerprint density at radius 3 is 2.68 bits per heavy atom. The fourth-order valence-corrected chi connectivity index (χ4v) is 4.09. The molecule has 4 aromatic rings. The first kappa shape index (κ1) is 21.2. The van der Waals surface area contributed by atoms with E-state index in [1.165, 1.54) is 25.7 Å². The number of hydrogen-bond donors (Lipinski definition) is 1. The summed E-state index contributed by atoms with van der Waals surface area (Å²) in [5.74, 6) is 1.70. The number of carbonyl (C=O) groups is 1. The number of rotatable bonds is 10. The van der Waals surface area contributed by atoms with Gasteiger partial charge in [-0.2, -0.15) is 0 Å². The van der Waals surface area contributed by atoms with Gasteiger partial charge in [-0.15, -0.1) is 0 Å². The van der Waals surface area contributed by atoms with Crippen molar-refractivity contribution in [3.63, 3.8) is 0 Å². The molecule has 4 rings (SSSR count). The molecule has 0 saturated heterocycles. The lowest BCUT2D eigenvalue weighted by molar-refractivity contribution is 0.0729. The van der Waals surface area contributed by atoms with Crippen LogP contribution in [-0.2, 0) is 6.54 Å². The number of carbonyl (C=O) groups excluding carboxylic acids is 1. The minimum atomic E-state index is 0.0307. The van der Waals surface area contributed by atoms with Crippen molar-refractivity contribution < 1.29 is 9.21 Å². The van der Waals surface area contributed by atoms with Gasteiger partial charge in [0.1, 0.15) is 17.2 Å². The highest BCUT2D eigenvalue weighted by Gasteiger charge is 2.19. The first-order chi connectivity index (χ1) is 15.1. The molecule has 2 heterocycles. The molecule has 31 heavy (non-hydrogen) atoms. The SMILES string of the molecule is CCCCCCCCN(Cc1cc2ccccc2o1)C(=O)c1ccc2nc(C)[nH]c2c1. The van der Waals surface area contributed by atoms with Gasteiger partial charge in [0.25, 0.3) is 5.91 Å². The number of hydrogen-bond acceptors (Lipinski definition) is 3. The molecule has 1 amide bonds. The molecule has 0 aliphatic carbocycles. The number of benzene rings is 2. The van der Waals surface area contributed by atoms with Crippen molar-refractivity contribution >= 4 is 27.9 Å². The second-order valence-corrected chi connectivity index (χ2v) is 8.30. The lowest BCUT2D eigenvalue weighted by Crippen LogP contribution is -2.31. The minimum absolute atomic E-state index is 0.0307. The standard InChI is InChI=1S/C26H31N3O2/c1-3-4-5-6-7-10-15-29(18-22-16-20-11-8-9-12-25(20)31-22)26(30)21-13-14-23-24(17-21)28-19(2)27-23/h8-9,11-14,16-17H,3-7,10,15,18H2,1-2H3,(H,27,28). The van der Waals surface area contributed by atoms with Crippen molar-refractivity contribution in [2.45, 2.75) is 58.9 Å². The zero-order valence-corrected chi connectivity index (χ0v) is 18.5. The van der Waals surface area contributed by atoms with Crippen molar-refractivity contribution in [1.29, 1.82) is 0 Å². The van der Waals surface area contributed by atoms with Crippen LogP contribution in [0.1, 0.15) is 67.4 Å². The number of aryl methyl sites for hydroxylation is 1. The van der Waals surface area contributed by atoms with Crippen molar-refractivity contribution in [3.05, 3.63) is 65.7 Å². The van der Waals surface area contributed by atoms with E-state index < -0.39 is 0 Å². The predicted molar refractivity (Wildman–Crippen MR) is 125 cm³/mol. The van der Waals surface area contributed by atoms with E-state index in [2.05, 4.69) is 16.9 Å². The average Bonchev–Trinajstić information content (AvgIpc) is 3.35. The molecule has 0 fully saturated rings. The molecule has 2 aromatic carbocycles. The highest BCUT2D eigenvalue weighted by Crippen LogP contribution is 2.22. The van der Waals surface area contributed by atoms with Gasteiger partial charge < -0.3 is 14.3 Å². The summed E-state index contributed by atoms with van der Waals surface area (Å²) in [4.78, 5) is 23.0. The number of nitrogens with one attached hydrogen (secondary N) is 1. The van der Waals surface area contributed by atoms with Crippen LogP contribution in [0.3, 0.4) is 0 Å². The Morgan fingerprint density at radius 2 is 1.84 bits per heavy atom. The number of aromatic amines is 1. The normalized spacial score (nSPS) is 11.4. The fourth-order valence-electron chi connectivity index (χ4n) is 4.09. The minimum Gasteiger partial charge on any atom is -0.459 e. The second-order valence-electron chi connectivity index (χ2n) is 8.30. The number of imidazole rings is 1. The molecular weight excluding hydrogens is 386 g/mol. The van der Waals surface area contributed by atoms with Crippen LogP contribution in [-0.4, -0.2) is 27.3 Å². The van der Waals surface area contributed by atoms with Gasteiger partial charge in [-0.3, -0.25) is 4.79 Å². The Labute approximate surface area is 183 Å². The summed E-state index contributed by atoms with van der Waals surface area (Å²) < 4.78 is 6.01. The number of fused-ring (bicyclic) bond motifs is 2. The molecule has 0 spiro atoms. The van der Waals surface area contributed by atoms with E-state index in [-0.39, 0.29) is 5.91 Å². The van der Waals surface area contributed by atoms with E-state index in [4.69, 9.17) is 4.42 Å². The van der Waals surface area contributed by atoms with Gasteiger partial charge in [-0.25, -0.2) is 4.98 Å². The Bertz CT molecular complexity index is 1120. The molecule has 5 nitrogen and oxygen atoms in total.